The van der Waals surface area contributed by atoms with Crippen LogP contribution in [0.25, 0.3) is 0 Å². The van der Waals surface area contributed by atoms with Gasteiger partial charge in [-0.25, -0.2) is 0 Å². The van der Waals surface area contributed by atoms with Gasteiger partial charge in [-0.2, -0.15) is 0 Å². The van der Waals surface area contributed by atoms with Gasteiger partial charge in [-0.15, -0.1) is 0 Å². The SMILES string of the molecule is CCCC(=O)[C@H](CN)c1ccc(Cl)c(Cl)c1. The second-order valence-corrected chi connectivity index (χ2v) is 4.49. The van der Waals surface area contributed by atoms with Crippen LogP contribution in [0.1, 0.15) is 31.2 Å². The fourth-order valence-corrected chi connectivity index (χ4v) is 1.91. The van der Waals surface area contributed by atoms with Crippen molar-refractivity contribution in [2.75, 3.05) is 6.54 Å². The van der Waals surface area contributed by atoms with Crippen molar-refractivity contribution < 1.29 is 4.79 Å². The maximum Gasteiger partial charge on any atom is 0.141 e. The van der Waals surface area contributed by atoms with E-state index in [9.17, 15) is 4.79 Å². The number of carbonyl (C=O) groups is 1. The third kappa shape index (κ3) is 3.21. The molecule has 16 heavy (non-hydrogen) atoms. The molecule has 0 fully saturated rings. The molecule has 0 amide bonds. The Morgan fingerprint density at radius 3 is 2.56 bits per heavy atom. The summed E-state index contributed by atoms with van der Waals surface area (Å²) in [5.41, 5.74) is 6.47. The molecule has 0 spiro atoms. The summed E-state index contributed by atoms with van der Waals surface area (Å²) in [5.74, 6) is -0.113. The van der Waals surface area contributed by atoms with Crippen molar-refractivity contribution in [1.82, 2.24) is 0 Å². The maximum atomic E-state index is 11.8. The molecule has 1 atom stereocenters. The summed E-state index contributed by atoms with van der Waals surface area (Å²) in [6.45, 7) is 2.27. The van der Waals surface area contributed by atoms with Crippen LogP contribution < -0.4 is 5.73 Å². The van der Waals surface area contributed by atoms with Gasteiger partial charge in [0.15, 0.2) is 0 Å². The van der Waals surface area contributed by atoms with Crippen LogP contribution in [0.2, 0.25) is 10.0 Å². The molecule has 2 nitrogen and oxygen atoms in total. The summed E-state index contributed by atoms with van der Waals surface area (Å²) in [6, 6.07) is 5.22. The summed E-state index contributed by atoms with van der Waals surface area (Å²) in [6.07, 6.45) is 1.37. The Morgan fingerprint density at radius 1 is 1.38 bits per heavy atom. The lowest BCUT2D eigenvalue weighted by Crippen LogP contribution is -2.21. The minimum atomic E-state index is -0.269. The van der Waals surface area contributed by atoms with E-state index in [1.54, 1.807) is 18.2 Å². The summed E-state index contributed by atoms with van der Waals surface area (Å²) < 4.78 is 0. The molecular formula is C12H15Cl2NO. The minimum Gasteiger partial charge on any atom is -0.329 e. The van der Waals surface area contributed by atoms with Gasteiger partial charge in [-0.3, -0.25) is 4.79 Å². The van der Waals surface area contributed by atoms with Crippen molar-refractivity contribution >= 4 is 29.0 Å². The number of benzene rings is 1. The van der Waals surface area contributed by atoms with Gasteiger partial charge < -0.3 is 5.73 Å². The molecule has 0 aromatic heterocycles. The van der Waals surface area contributed by atoms with E-state index < -0.39 is 0 Å². The first-order valence-corrected chi connectivity index (χ1v) is 6.03. The van der Waals surface area contributed by atoms with Crippen LogP contribution >= 0.6 is 23.2 Å². The van der Waals surface area contributed by atoms with Gasteiger partial charge in [0.1, 0.15) is 5.78 Å². The van der Waals surface area contributed by atoms with Crippen LogP contribution in [0.5, 0.6) is 0 Å². The van der Waals surface area contributed by atoms with Crippen molar-refractivity contribution in [1.29, 1.82) is 0 Å². The second-order valence-electron chi connectivity index (χ2n) is 3.68. The fourth-order valence-electron chi connectivity index (χ4n) is 1.60. The Bertz CT molecular complexity index is 379. The quantitative estimate of drug-likeness (QED) is 0.881. The molecule has 0 unspecified atom stereocenters. The molecule has 0 aliphatic heterocycles. The van der Waals surface area contributed by atoms with Gasteiger partial charge in [-0.05, 0) is 24.1 Å². The molecule has 4 heteroatoms. The number of nitrogens with two attached hydrogens (primary N) is 1. The predicted molar refractivity (Wildman–Crippen MR) is 68.2 cm³/mol. The van der Waals surface area contributed by atoms with E-state index in [0.717, 1.165) is 12.0 Å². The number of hydrogen-bond donors (Lipinski definition) is 1. The Kier molecular flexibility index (Phi) is 5.26. The summed E-state index contributed by atoms with van der Waals surface area (Å²) in [5, 5.41) is 0.950. The number of hydrogen-bond acceptors (Lipinski definition) is 2. The molecule has 1 aromatic rings. The third-order valence-electron chi connectivity index (χ3n) is 2.47. The summed E-state index contributed by atoms with van der Waals surface area (Å²) in [7, 11) is 0. The number of halogens is 2. The van der Waals surface area contributed by atoms with Gasteiger partial charge in [-0.1, -0.05) is 36.2 Å². The molecule has 1 rings (SSSR count). The lowest BCUT2D eigenvalue weighted by molar-refractivity contribution is -0.120. The van der Waals surface area contributed by atoms with Crippen LogP contribution in [-0.2, 0) is 4.79 Å². The van der Waals surface area contributed by atoms with E-state index in [2.05, 4.69) is 0 Å². The molecule has 0 saturated heterocycles. The summed E-state index contributed by atoms with van der Waals surface area (Å²) >= 11 is 11.7. The van der Waals surface area contributed by atoms with Gasteiger partial charge >= 0.3 is 0 Å². The predicted octanol–water partition coefficient (Wildman–Crippen LogP) is 3.40. The number of Topliss-reactive ketones (excluding diaryl/α,β-unsaturated/α-hetero) is 1. The number of carbonyl (C=O) groups excluding carboxylic acids is 1. The number of ketones is 1. The molecule has 0 aliphatic rings. The van der Waals surface area contributed by atoms with E-state index in [1.165, 1.54) is 0 Å². The van der Waals surface area contributed by atoms with Gasteiger partial charge in [0, 0.05) is 13.0 Å². The Balaban J connectivity index is 2.95. The average Bonchev–Trinajstić information content (AvgIpc) is 2.25. The molecule has 1 aromatic carbocycles. The third-order valence-corrected chi connectivity index (χ3v) is 3.21. The largest absolute Gasteiger partial charge is 0.329 e. The highest BCUT2D eigenvalue weighted by atomic mass is 35.5. The maximum absolute atomic E-state index is 11.8. The van der Waals surface area contributed by atoms with Gasteiger partial charge in [0.2, 0.25) is 0 Å². The summed E-state index contributed by atoms with van der Waals surface area (Å²) in [4.78, 5) is 11.8. The van der Waals surface area contributed by atoms with E-state index in [0.29, 0.717) is 23.0 Å². The first-order chi connectivity index (χ1) is 7.60. The topological polar surface area (TPSA) is 43.1 Å². The average molecular weight is 260 g/mol. The zero-order valence-corrected chi connectivity index (χ0v) is 10.7. The lowest BCUT2D eigenvalue weighted by atomic mass is 9.92. The van der Waals surface area contributed by atoms with E-state index in [1.807, 2.05) is 6.92 Å². The van der Waals surface area contributed by atoms with Crippen LogP contribution in [0.4, 0.5) is 0 Å². The van der Waals surface area contributed by atoms with Crippen molar-refractivity contribution in [3.63, 3.8) is 0 Å². The van der Waals surface area contributed by atoms with Gasteiger partial charge in [0.25, 0.3) is 0 Å². The highest BCUT2D eigenvalue weighted by molar-refractivity contribution is 6.42. The first kappa shape index (κ1) is 13.5. The highest BCUT2D eigenvalue weighted by Gasteiger charge is 2.18. The Labute approximate surface area is 106 Å². The number of rotatable bonds is 5. The molecule has 88 valence electrons. The smallest absolute Gasteiger partial charge is 0.141 e. The van der Waals surface area contributed by atoms with Crippen molar-refractivity contribution in [2.24, 2.45) is 5.73 Å². The van der Waals surface area contributed by atoms with Crippen LogP contribution in [0.3, 0.4) is 0 Å². The molecule has 0 radical (unpaired) electrons. The Hall–Kier alpha value is -0.570. The zero-order chi connectivity index (χ0) is 12.1. The molecule has 2 N–H and O–H groups in total. The van der Waals surface area contributed by atoms with Crippen LogP contribution in [0.15, 0.2) is 18.2 Å². The Morgan fingerprint density at radius 2 is 2.06 bits per heavy atom. The van der Waals surface area contributed by atoms with Gasteiger partial charge in [0.05, 0.1) is 16.0 Å². The molecule has 0 bridgehead atoms. The van der Waals surface area contributed by atoms with Crippen molar-refractivity contribution in [3.05, 3.63) is 33.8 Å². The van der Waals surface area contributed by atoms with Crippen molar-refractivity contribution in [2.45, 2.75) is 25.7 Å². The van der Waals surface area contributed by atoms with E-state index >= 15 is 0 Å². The minimum absolute atomic E-state index is 0.156. The fraction of sp³-hybridized carbons (Fsp3) is 0.417. The monoisotopic (exact) mass is 259 g/mol. The van der Waals surface area contributed by atoms with E-state index in [-0.39, 0.29) is 11.7 Å². The zero-order valence-electron chi connectivity index (χ0n) is 9.17. The molecule has 0 saturated carbocycles. The standard InChI is InChI=1S/C12H15Cl2NO/c1-2-3-12(16)9(7-15)8-4-5-10(13)11(14)6-8/h4-6,9H,2-3,7,15H2,1H3/t9-/m1/s1. The second kappa shape index (κ2) is 6.24. The highest BCUT2D eigenvalue weighted by Crippen LogP contribution is 2.27. The molecular weight excluding hydrogens is 245 g/mol. The normalized spacial score (nSPS) is 12.5. The first-order valence-electron chi connectivity index (χ1n) is 5.27. The molecule has 0 heterocycles. The molecule has 0 aliphatic carbocycles. The lowest BCUT2D eigenvalue weighted by Gasteiger charge is -2.14. The van der Waals surface area contributed by atoms with Crippen LogP contribution in [0, 0.1) is 0 Å². The van der Waals surface area contributed by atoms with E-state index in [4.69, 9.17) is 28.9 Å². The van der Waals surface area contributed by atoms with Crippen LogP contribution in [-0.4, -0.2) is 12.3 Å². The van der Waals surface area contributed by atoms with Crippen molar-refractivity contribution in [3.8, 4) is 0 Å².